The van der Waals surface area contributed by atoms with Crippen LogP contribution in [0.15, 0.2) is 35.5 Å². The van der Waals surface area contributed by atoms with Gasteiger partial charge in [0, 0.05) is 31.0 Å². The SMILES string of the molecule is C=C(CCC(=O)N1N=CCC1c1cc(F)cc(F)c1)Cn1nc(C#N)nc1C1CC1. The van der Waals surface area contributed by atoms with Crippen LogP contribution < -0.4 is 0 Å². The second kappa shape index (κ2) is 8.14. The van der Waals surface area contributed by atoms with Gasteiger partial charge in [-0.05, 0) is 37.0 Å². The summed E-state index contributed by atoms with van der Waals surface area (Å²) >= 11 is 0. The van der Waals surface area contributed by atoms with Gasteiger partial charge in [0.25, 0.3) is 5.82 Å². The van der Waals surface area contributed by atoms with E-state index in [4.69, 9.17) is 5.26 Å². The molecule has 1 atom stereocenters. The van der Waals surface area contributed by atoms with Crippen molar-refractivity contribution >= 4 is 12.1 Å². The second-order valence-corrected chi connectivity index (χ2v) is 7.58. The summed E-state index contributed by atoms with van der Waals surface area (Å²) in [5.74, 6) is -0.366. The number of nitrogens with zero attached hydrogens (tertiary/aromatic N) is 6. The summed E-state index contributed by atoms with van der Waals surface area (Å²) in [6, 6.07) is 4.67. The van der Waals surface area contributed by atoms with Gasteiger partial charge >= 0.3 is 0 Å². The number of carbonyl (C=O) groups excluding carboxylic acids is 1. The maximum atomic E-state index is 13.6. The number of hydrogen-bond acceptors (Lipinski definition) is 5. The summed E-state index contributed by atoms with van der Waals surface area (Å²) in [5, 5.41) is 18.6. The Labute approximate surface area is 172 Å². The summed E-state index contributed by atoms with van der Waals surface area (Å²) in [7, 11) is 0. The van der Waals surface area contributed by atoms with Gasteiger partial charge in [-0.3, -0.25) is 4.79 Å². The van der Waals surface area contributed by atoms with Crippen LogP contribution in [0.1, 0.15) is 61.3 Å². The summed E-state index contributed by atoms with van der Waals surface area (Å²) in [6.45, 7) is 4.41. The van der Waals surface area contributed by atoms with Crippen molar-refractivity contribution in [3.05, 3.63) is 59.2 Å². The highest BCUT2D eigenvalue weighted by Gasteiger charge is 2.31. The molecule has 1 aliphatic heterocycles. The Morgan fingerprint density at radius 3 is 2.63 bits per heavy atom. The first-order valence-electron chi connectivity index (χ1n) is 9.76. The second-order valence-electron chi connectivity index (χ2n) is 7.58. The highest BCUT2D eigenvalue weighted by Crippen LogP contribution is 2.39. The molecule has 1 aromatic heterocycles. The van der Waals surface area contributed by atoms with Crippen molar-refractivity contribution in [3.8, 4) is 6.07 Å². The minimum atomic E-state index is -0.686. The van der Waals surface area contributed by atoms with E-state index < -0.39 is 17.7 Å². The number of hydrogen-bond donors (Lipinski definition) is 0. The van der Waals surface area contributed by atoms with Crippen molar-refractivity contribution in [2.75, 3.05) is 0 Å². The molecule has 1 aliphatic carbocycles. The third-order valence-corrected chi connectivity index (χ3v) is 5.16. The zero-order valence-electron chi connectivity index (χ0n) is 16.3. The number of amides is 1. The number of allylic oxidation sites excluding steroid dienone is 1. The fraction of sp³-hybridized carbons (Fsp3) is 0.381. The maximum Gasteiger partial charge on any atom is 0.252 e. The van der Waals surface area contributed by atoms with E-state index in [2.05, 4.69) is 21.8 Å². The molecule has 154 valence electrons. The van der Waals surface area contributed by atoms with E-state index in [0.717, 1.165) is 30.3 Å². The van der Waals surface area contributed by atoms with Crippen molar-refractivity contribution in [1.82, 2.24) is 19.8 Å². The van der Waals surface area contributed by atoms with Gasteiger partial charge in [-0.2, -0.15) is 10.4 Å². The molecule has 9 heteroatoms. The lowest BCUT2D eigenvalue weighted by molar-refractivity contribution is -0.133. The molecule has 4 rings (SSSR count). The normalized spacial score (nSPS) is 17.9. The van der Waals surface area contributed by atoms with Crippen LogP contribution >= 0.6 is 0 Å². The Morgan fingerprint density at radius 2 is 1.97 bits per heavy atom. The number of aromatic nitrogens is 3. The number of benzene rings is 1. The van der Waals surface area contributed by atoms with E-state index in [1.54, 1.807) is 10.9 Å². The standard InChI is InChI=1S/C21H20F2N6O/c1-13(12-28-21(14-3-4-14)26-19(11-24)27-28)2-5-20(30)29-18(6-7-25-29)15-8-16(22)10-17(23)9-15/h7-10,14,18H,1-6,12H2. The largest absolute Gasteiger partial charge is 0.273 e. The third kappa shape index (κ3) is 4.27. The van der Waals surface area contributed by atoms with E-state index in [9.17, 15) is 13.6 Å². The lowest BCUT2D eigenvalue weighted by atomic mass is 10.0. The molecule has 0 N–H and O–H groups in total. The minimum absolute atomic E-state index is 0.136. The molecular formula is C21H20F2N6O. The Kier molecular flexibility index (Phi) is 5.40. The van der Waals surface area contributed by atoms with Crippen molar-refractivity contribution in [1.29, 1.82) is 5.26 Å². The van der Waals surface area contributed by atoms with E-state index >= 15 is 0 Å². The fourth-order valence-corrected chi connectivity index (χ4v) is 3.55. The first-order valence-corrected chi connectivity index (χ1v) is 9.76. The van der Waals surface area contributed by atoms with Crippen LogP contribution in [-0.4, -0.2) is 31.9 Å². The zero-order valence-corrected chi connectivity index (χ0v) is 16.3. The highest BCUT2D eigenvalue weighted by molar-refractivity contribution is 5.80. The van der Waals surface area contributed by atoms with Crippen LogP contribution in [0.5, 0.6) is 0 Å². The molecule has 1 saturated carbocycles. The Balaban J connectivity index is 1.37. The van der Waals surface area contributed by atoms with Crippen molar-refractivity contribution in [3.63, 3.8) is 0 Å². The van der Waals surface area contributed by atoms with Crippen LogP contribution in [0, 0.1) is 23.0 Å². The van der Waals surface area contributed by atoms with E-state index in [1.807, 2.05) is 6.07 Å². The van der Waals surface area contributed by atoms with Crippen LogP contribution in [0.4, 0.5) is 8.78 Å². The molecule has 0 bridgehead atoms. The van der Waals surface area contributed by atoms with Gasteiger partial charge in [0.05, 0.1) is 12.6 Å². The molecule has 30 heavy (non-hydrogen) atoms. The summed E-state index contributed by atoms with van der Waals surface area (Å²) in [5.41, 5.74) is 1.15. The molecule has 1 amide bonds. The molecule has 1 fully saturated rings. The number of carbonyl (C=O) groups is 1. The predicted octanol–water partition coefficient (Wildman–Crippen LogP) is 3.60. The van der Waals surface area contributed by atoms with Crippen LogP contribution in [0.3, 0.4) is 0 Å². The smallest absolute Gasteiger partial charge is 0.252 e. The quantitative estimate of drug-likeness (QED) is 0.653. The van der Waals surface area contributed by atoms with Crippen LogP contribution in [0.2, 0.25) is 0 Å². The van der Waals surface area contributed by atoms with E-state index in [-0.39, 0.29) is 18.2 Å². The van der Waals surface area contributed by atoms with Gasteiger partial charge in [0.2, 0.25) is 5.91 Å². The molecular weight excluding hydrogens is 390 g/mol. The molecule has 1 aromatic carbocycles. The molecule has 0 radical (unpaired) electrons. The Morgan fingerprint density at radius 1 is 1.23 bits per heavy atom. The minimum Gasteiger partial charge on any atom is -0.273 e. The van der Waals surface area contributed by atoms with Crippen molar-refractivity contribution in [2.24, 2.45) is 5.10 Å². The van der Waals surface area contributed by atoms with Crippen molar-refractivity contribution in [2.45, 2.75) is 50.6 Å². The highest BCUT2D eigenvalue weighted by atomic mass is 19.1. The molecule has 0 spiro atoms. The molecule has 2 aromatic rings. The Bertz CT molecular complexity index is 1050. The fourth-order valence-electron chi connectivity index (χ4n) is 3.55. The van der Waals surface area contributed by atoms with E-state index in [0.29, 0.717) is 30.9 Å². The topological polar surface area (TPSA) is 87.2 Å². The maximum absolute atomic E-state index is 13.6. The average molecular weight is 410 g/mol. The van der Waals surface area contributed by atoms with Gasteiger partial charge in [0.1, 0.15) is 23.5 Å². The number of nitriles is 1. The first-order chi connectivity index (χ1) is 14.4. The first kappa shape index (κ1) is 19.9. The summed E-state index contributed by atoms with van der Waals surface area (Å²) < 4.78 is 28.8. The zero-order chi connectivity index (χ0) is 21.3. The molecule has 1 unspecified atom stereocenters. The van der Waals surface area contributed by atoms with Crippen LogP contribution in [0.25, 0.3) is 0 Å². The average Bonchev–Trinajstić information content (AvgIpc) is 3.28. The van der Waals surface area contributed by atoms with Gasteiger partial charge in [0.15, 0.2) is 0 Å². The van der Waals surface area contributed by atoms with Gasteiger partial charge in [-0.25, -0.2) is 23.5 Å². The monoisotopic (exact) mass is 410 g/mol. The molecule has 2 aliphatic rings. The lowest BCUT2D eigenvalue weighted by Gasteiger charge is -2.22. The van der Waals surface area contributed by atoms with E-state index in [1.165, 1.54) is 17.1 Å². The molecule has 0 saturated heterocycles. The van der Waals surface area contributed by atoms with Gasteiger partial charge < -0.3 is 0 Å². The van der Waals surface area contributed by atoms with Gasteiger partial charge in [-0.1, -0.05) is 12.2 Å². The third-order valence-electron chi connectivity index (χ3n) is 5.16. The molecule has 2 heterocycles. The lowest BCUT2D eigenvalue weighted by Crippen LogP contribution is -2.27. The number of hydrazone groups is 1. The predicted molar refractivity (Wildman–Crippen MR) is 104 cm³/mol. The number of rotatable bonds is 7. The van der Waals surface area contributed by atoms with Gasteiger partial charge in [-0.15, -0.1) is 5.10 Å². The molecule has 7 nitrogen and oxygen atoms in total. The van der Waals surface area contributed by atoms with Crippen LogP contribution in [-0.2, 0) is 11.3 Å². The summed E-state index contributed by atoms with van der Waals surface area (Å²) in [4.78, 5) is 17.0. The van der Waals surface area contributed by atoms with Crippen molar-refractivity contribution < 1.29 is 13.6 Å². The number of halogens is 2. The Hall–Kier alpha value is -3.41. The summed E-state index contributed by atoms with van der Waals surface area (Å²) in [6.07, 6.45) is 4.59.